The van der Waals surface area contributed by atoms with E-state index in [0.29, 0.717) is 18.8 Å². The molecule has 2 bridgehead atoms. The van der Waals surface area contributed by atoms with Crippen LogP contribution >= 0.6 is 11.3 Å². The fourth-order valence-electron chi connectivity index (χ4n) is 3.35. The normalized spacial score (nSPS) is 31.1. The smallest absolute Gasteiger partial charge is 0.0897 e. The van der Waals surface area contributed by atoms with Gasteiger partial charge in [-0.25, -0.2) is 4.98 Å². The number of hydrogen-bond acceptors (Lipinski definition) is 4. The predicted octanol–water partition coefficient (Wildman–Crippen LogP) is 2.62. The number of aromatic nitrogens is 1. The van der Waals surface area contributed by atoms with E-state index in [4.69, 9.17) is 4.74 Å². The first-order valence-corrected chi connectivity index (χ1v) is 7.53. The Bertz CT molecular complexity index is 431. The summed E-state index contributed by atoms with van der Waals surface area (Å²) in [5.41, 5.74) is 1.22. The fraction of sp³-hybridized carbons (Fsp3) is 0.643. The molecule has 1 aromatic rings. The zero-order valence-electron chi connectivity index (χ0n) is 10.8. The van der Waals surface area contributed by atoms with Crippen LogP contribution in [0.15, 0.2) is 18.0 Å². The number of aryl methyl sites for hydroxylation is 1. The second kappa shape index (κ2) is 5.11. The molecule has 2 aliphatic rings. The zero-order chi connectivity index (χ0) is 12.5. The Morgan fingerprint density at radius 3 is 3.22 bits per heavy atom. The van der Waals surface area contributed by atoms with Crippen LogP contribution in [0.5, 0.6) is 0 Å². The predicted molar refractivity (Wildman–Crippen MR) is 73.7 cm³/mol. The molecule has 2 fully saturated rings. The van der Waals surface area contributed by atoms with Gasteiger partial charge in [-0.05, 0) is 25.7 Å². The van der Waals surface area contributed by atoms with Crippen LogP contribution in [-0.4, -0.2) is 35.2 Å². The van der Waals surface area contributed by atoms with Crippen LogP contribution < -0.4 is 0 Å². The Kier molecular flexibility index (Phi) is 3.50. The molecule has 2 heterocycles. The molecule has 4 heteroatoms. The van der Waals surface area contributed by atoms with E-state index >= 15 is 0 Å². The minimum atomic E-state index is 0.419. The van der Waals surface area contributed by atoms with Crippen molar-refractivity contribution in [2.45, 2.75) is 38.5 Å². The number of thiazole rings is 1. The molecule has 3 unspecified atom stereocenters. The summed E-state index contributed by atoms with van der Waals surface area (Å²) >= 11 is 1.74. The third-order valence-corrected chi connectivity index (χ3v) is 4.88. The summed E-state index contributed by atoms with van der Waals surface area (Å²) in [6.07, 6.45) is 4.86. The van der Waals surface area contributed by atoms with Crippen molar-refractivity contribution in [3.63, 3.8) is 0 Å². The van der Waals surface area contributed by atoms with E-state index in [1.54, 1.807) is 11.3 Å². The average molecular weight is 264 g/mol. The first-order valence-electron chi connectivity index (χ1n) is 6.65. The second-order valence-electron chi connectivity index (χ2n) is 5.28. The molecule has 1 saturated carbocycles. The van der Waals surface area contributed by atoms with Crippen LogP contribution in [0, 0.1) is 12.8 Å². The quantitative estimate of drug-likeness (QED) is 0.764. The highest BCUT2D eigenvalue weighted by atomic mass is 32.1. The third-order valence-electron chi connectivity index (χ3n) is 4.05. The lowest BCUT2D eigenvalue weighted by Gasteiger charge is -2.26. The van der Waals surface area contributed by atoms with Crippen LogP contribution in [0.1, 0.15) is 23.5 Å². The number of ether oxygens (including phenoxy) is 1. The molecule has 0 radical (unpaired) electrons. The molecule has 18 heavy (non-hydrogen) atoms. The highest BCUT2D eigenvalue weighted by Crippen LogP contribution is 2.40. The number of nitrogens with zero attached hydrogens (tertiary/aromatic N) is 2. The van der Waals surface area contributed by atoms with E-state index in [-0.39, 0.29) is 0 Å². The summed E-state index contributed by atoms with van der Waals surface area (Å²) in [7, 11) is 0. The molecule has 3 rings (SSSR count). The van der Waals surface area contributed by atoms with Crippen molar-refractivity contribution in [1.29, 1.82) is 0 Å². The van der Waals surface area contributed by atoms with Crippen LogP contribution in [0.3, 0.4) is 0 Å². The highest BCUT2D eigenvalue weighted by Gasteiger charge is 2.47. The zero-order valence-corrected chi connectivity index (χ0v) is 11.7. The van der Waals surface area contributed by atoms with Gasteiger partial charge in [-0.1, -0.05) is 6.08 Å². The minimum absolute atomic E-state index is 0.419. The Balaban J connectivity index is 1.64. The van der Waals surface area contributed by atoms with Crippen LogP contribution in [0.4, 0.5) is 0 Å². The van der Waals surface area contributed by atoms with E-state index in [2.05, 4.69) is 28.8 Å². The first-order chi connectivity index (χ1) is 8.78. The van der Waals surface area contributed by atoms with E-state index in [9.17, 15) is 0 Å². The number of likely N-dealkylation sites (tertiary alicyclic amines) is 1. The van der Waals surface area contributed by atoms with Crippen molar-refractivity contribution >= 4 is 11.3 Å². The highest BCUT2D eigenvalue weighted by molar-refractivity contribution is 7.09. The Hall–Kier alpha value is -0.710. The lowest BCUT2D eigenvalue weighted by molar-refractivity contribution is 0.0445. The van der Waals surface area contributed by atoms with Crippen molar-refractivity contribution in [1.82, 2.24) is 9.88 Å². The summed E-state index contributed by atoms with van der Waals surface area (Å²) in [5, 5.41) is 3.34. The van der Waals surface area contributed by atoms with Gasteiger partial charge in [-0.3, -0.25) is 4.90 Å². The Morgan fingerprint density at radius 2 is 2.50 bits per heavy atom. The van der Waals surface area contributed by atoms with Gasteiger partial charge in [0.25, 0.3) is 0 Å². The number of piperidine rings is 1. The Morgan fingerprint density at radius 1 is 1.61 bits per heavy atom. The van der Waals surface area contributed by atoms with Crippen LogP contribution in [0.25, 0.3) is 0 Å². The summed E-state index contributed by atoms with van der Waals surface area (Å²) in [6, 6.07) is 0.594. The number of hydrogen-bond donors (Lipinski definition) is 0. The Labute approximate surface area is 112 Å². The maximum Gasteiger partial charge on any atom is 0.0897 e. The fourth-order valence-corrected chi connectivity index (χ4v) is 3.95. The molecule has 0 aromatic carbocycles. The molecular formula is C14H20N2OS. The molecular weight excluding hydrogens is 244 g/mol. The van der Waals surface area contributed by atoms with Gasteiger partial charge in [0, 0.05) is 24.5 Å². The molecule has 1 aliphatic heterocycles. The van der Waals surface area contributed by atoms with Gasteiger partial charge in [0.05, 0.1) is 23.4 Å². The van der Waals surface area contributed by atoms with Crippen LogP contribution in [0.2, 0.25) is 0 Å². The molecule has 1 saturated heterocycles. The van der Waals surface area contributed by atoms with Gasteiger partial charge >= 0.3 is 0 Å². The maximum atomic E-state index is 5.93. The van der Waals surface area contributed by atoms with Crippen molar-refractivity contribution in [2.75, 3.05) is 13.2 Å². The van der Waals surface area contributed by atoms with E-state index in [1.807, 2.05) is 6.08 Å². The van der Waals surface area contributed by atoms with E-state index < -0.39 is 0 Å². The largest absolute Gasteiger partial charge is 0.372 e. The van der Waals surface area contributed by atoms with E-state index in [0.717, 1.165) is 17.5 Å². The summed E-state index contributed by atoms with van der Waals surface area (Å²) in [5.74, 6) is 0.717. The van der Waals surface area contributed by atoms with Crippen LogP contribution in [-0.2, 0) is 11.3 Å². The van der Waals surface area contributed by atoms with Crippen molar-refractivity contribution in [3.8, 4) is 0 Å². The topological polar surface area (TPSA) is 25.4 Å². The summed E-state index contributed by atoms with van der Waals surface area (Å²) in [6.45, 7) is 8.64. The first kappa shape index (κ1) is 12.3. The van der Waals surface area contributed by atoms with Crippen molar-refractivity contribution in [3.05, 3.63) is 28.7 Å². The molecule has 1 aromatic heterocycles. The summed E-state index contributed by atoms with van der Waals surface area (Å²) in [4.78, 5) is 7.12. The molecule has 3 atom stereocenters. The minimum Gasteiger partial charge on any atom is -0.372 e. The van der Waals surface area contributed by atoms with Crippen molar-refractivity contribution in [2.24, 2.45) is 5.92 Å². The lowest BCUT2D eigenvalue weighted by atomic mass is 10.1. The number of fused-ring (bicyclic) bond motifs is 2. The SMILES string of the molecule is C=CCOC1C2CCC1N(Cc1csc(C)n1)C2. The van der Waals surface area contributed by atoms with Gasteiger partial charge in [-0.15, -0.1) is 17.9 Å². The van der Waals surface area contributed by atoms with Gasteiger partial charge in [0.15, 0.2) is 0 Å². The van der Waals surface area contributed by atoms with Crippen molar-refractivity contribution < 1.29 is 4.74 Å². The maximum absolute atomic E-state index is 5.93. The monoisotopic (exact) mass is 264 g/mol. The van der Waals surface area contributed by atoms with Gasteiger partial charge in [-0.2, -0.15) is 0 Å². The molecule has 0 N–H and O–H groups in total. The number of rotatable bonds is 5. The van der Waals surface area contributed by atoms with E-state index in [1.165, 1.54) is 25.1 Å². The lowest BCUT2D eigenvalue weighted by Crippen LogP contribution is -2.34. The molecule has 0 amide bonds. The molecule has 1 aliphatic carbocycles. The molecule has 0 spiro atoms. The average Bonchev–Trinajstić information content (AvgIpc) is 3.02. The molecule has 98 valence electrons. The molecule has 3 nitrogen and oxygen atoms in total. The van der Waals surface area contributed by atoms with Gasteiger partial charge < -0.3 is 4.74 Å². The standard InChI is InChI=1S/C14H20N2OS/c1-3-6-17-14-11-4-5-13(14)16(7-11)8-12-9-18-10(2)15-12/h3,9,11,13-14H,1,4-8H2,2H3. The second-order valence-corrected chi connectivity index (χ2v) is 6.34. The van der Waals surface area contributed by atoms with Gasteiger partial charge in [0.2, 0.25) is 0 Å². The third kappa shape index (κ3) is 2.25. The summed E-state index contributed by atoms with van der Waals surface area (Å²) < 4.78 is 5.93. The van der Waals surface area contributed by atoms with Gasteiger partial charge in [0.1, 0.15) is 0 Å².